The largest absolute Gasteiger partial charge is 0.447 e. The normalized spacial score (nSPS) is 26.7. The fraction of sp³-hybridized carbons (Fsp3) is 0.667. The third-order valence-corrected chi connectivity index (χ3v) is 5.66. The number of hydrogen-bond donors (Lipinski definition) is 0. The Morgan fingerprint density at radius 2 is 1.89 bits per heavy atom. The summed E-state index contributed by atoms with van der Waals surface area (Å²) in [4.78, 5) is 2.18. The summed E-state index contributed by atoms with van der Waals surface area (Å²) < 4.78 is 31.7. The highest BCUT2D eigenvalue weighted by Crippen LogP contribution is 2.24. The Balaban J connectivity index is 2.25. The summed E-state index contributed by atoms with van der Waals surface area (Å²) in [6.07, 6.45) is 0. The fourth-order valence-corrected chi connectivity index (χ4v) is 3.92. The lowest BCUT2D eigenvalue weighted by atomic mass is 10.1. The second-order valence-electron chi connectivity index (χ2n) is 5.04. The molecule has 1 aromatic heterocycles. The predicted octanol–water partition coefficient (Wildman–Crippen LogP) is 1.73. The highest BCUT2D eigenvalue weighted by Gasteiger charge is 2.35. The fourth-order valence-electron chi connectivity index (χ4n) is 2.25. The van der Waals surface area contributed by atoms with Crippen LogP contribution in [0.4, 0.5) is 0 Å². The summed E-state index contributed by atoms with van der Waals surface area (Å²) in [6.45, 7) is 4.98. The van der Waals surface area contributed by atoms with Crippen LogP contribution in [0, 0.1) is 0 Å². The number of rotatable bonds is 3. The van der Waals surface area contributed by atoms with E-state index in [0.29, 0.717) is 18.8 Å². The standard InChI is InChI=1S/C12H19ClN2O3S/c1-9-7-15(8-10(2)14(9)3)19(16,17)12-5-4-11(6-13)18-12/h4-5,9-10H,6-8H2,1-3H3. The van der Waals surface area contributed by atoms with Crippen molar-refractivity contribution in [1.29, 1.82) is 0 Å². The van der Waals surface area contributed by atoms with Crippen molar-refractivity contribution in [3.63, 3.8) is 0 Å². The molecule has 0 aromatic carbocycles. The van der Waals surface area contributed by atoms with Gasteiger partial charge in [-0.2, -0.15) is 4.31 Å². The van der Waals surface area contributed by atoms with Crippen molar-refractivity contribution in [2.24, 2.45) is 0 Å². The molecule has 0 saturated carbocycles. The van der Waals surface area contributed by atoms with Crippen molar-refractivity contribution in [2.75, 3.05) is 20.1 Å². The summed E-state index contributed by atoms with van der Waals surface area (Å²) in [6, 6.07) is 3.44. The molecule has 2 atom stereocenters. The molecule has 0 spiro atoms. The summed E-state index contributed by atoms with van der Waals surface area (Å²) >= 11 is 5.63. The number of hydrogen-bond acceptors (Lipinski definition) is 4. The van der Waals surface area contributed by atoms with E-state index in [1.165, 1.54) is 10.4 Å². The Kier molecular flexibility index (Phi) is 4.25. The second kappa shape index (κ2) is 5.44. The van der Waals surface area contributed by atoms with Gasteiger partial charge in [0.05, 0.1) is 5.88 Å². The molecule has 2 unspecified atom stereocenters. The average molecular weight is 307 g/mol. The summed E-state index contributed by atoms with van der Waals surface area (Å²) in [5.74, 6) is 0.640. The van der Waals surface area contributed by atoms with Crippen LogP contribution in [0.5, 0.6) is 0 Å². The molecule has 108 valence electrons. The minimum atomic E-state index is -3.56. The summed E-state index contributed by atoms with van der Waals surface area (Å²) in [5.41, 5.74) is 0. The van der Waals surface area contributed by atoms with Gasteiger partial charge in [-0.05, 0) is 33.0 Å². The molecule has 7 heteroatoms. The van der Waals surface area contributed by atoms with Gasteiger partial charge in [0, 0.05) is 25.2 Å². The number of likely N-dealkylation sites (N-methyl/N-ethyl adjacent to an activating group) is 1. The van der Waals surface area contributed by atoms with Crippen LogP contribution in [0.3, 0.4) is 0 Å². The molecule has 1 fully saturated rings. The molecule has 19 heavy (non-hydrogen) atoms. The van der Waals surface area contributed by atoms with E-state index in [4.69, 9.17) is 16.0 Å². The maximum absolute atomic E-state index is 12.5. The van der Waals surface area contributed by atoms with Crippen LogP contribution in [-0.2, 0) is 15.9 Å². The van der Waals surface area contributed by atoms with Crippen molar-refractivity contribution in [3.8, 4) is 0 Å². The highest BCUT2D eigenvalue weighted by molar-refractivity contribution is 7.89. The minimum Gasteiger partial charge on any atom is -0.447 e. The topological polar surface area (TPSA) is 53.8 Å². The van der Waals surface area contributed by atoms with Gasteiger partial charge in [-0.15, -0.1) is 11.6 Å². The molecule has 2 heterocycles. The van der Waals surface area contributed by atoms with Crippen molar-refractivity contribution < 1.29 is 12.8 Å². The number of furan rings is 1. The van der Waals surface area contributed by atoms with Crippen molar-refractivity contribution in [2.45, 2.75) is 36.9 Å². The van der Waals surface area contributed by atoms with Crippen LogP contribution in [0.1, 0.15) is 19.6 Å². The molecule has 0 radical (unpaired) electrons. The van der Waals surface area contributed by atoms with Gasteiger partial charge in [0.1, 0.15) is 5.76 Å². The summed E-state index contributed by atoms with van der Waals surface area (Å²) in [5, 5.41) is -0.0212. The number of alkyl halides is 1. The van der Waals surface area contributed by atoms with Gasteiger partial charge in [-0.3, -0.25) is 4.90 Å². The van der Waals surface area contributed by atoms with Gasteiger partial charge < -0.3 is 4.42 Å². The molecule has 0 bridgehead atoms. The van der Waals surface area contributed by atoms with Crippen LogP contribution in [-0.4, -0.2) is 49.8 Å². The third kappa shape index (κ3) is 2.81. The van der Waals surface area contributed by atoms with Gasteiger partial charge in [0.15, 0.2) is 0 Å². The predicted molar refractivity (Wildman–Crippen MR) is 73.7 cm³/mol. The van der Waals surface area contributed by atoms with Crippen LogP contribution in [0.2, 0.25) is 0 Å². The van der Waals surface area contributed by atoms with Crippen LogP contribution < -0.4 is 0 Å². The molecule has 5 nitrogen and oxygen atoms in total. The Bertz CT molecular complexity index is 531. The van der Waals surface area contributed by atoms with Crippen LogP contribution in [0.25, 0.3) is 0 Å². The molecule has 0 N–H and O–H groups in total. The first-order chi connectivity index (χ1) is 8.86. The molecule has 1 aromatic rings. The van der Waals surface area contributed by atoms with E-state index in [2.05, 4.69) is 4.90 Å². The molecule has 1 aliphatic heterocycles. The number of halogens is 1. The van der Waals surface area contributed by atoms with E-state index < -0.39 is 10.0 Å². The van der Waals surface area contributed by atoms with E-state index in [1.54, 1.807) is 6.07 Å². The molecule has 0 aliphatic carbocycles. The van der Waals surface area contributed by atoms with E-state index >= 15 is 0 Å². The first-order valence-electron chi connectivity index (χ1n) is 6.23. The zero-order valence-corrected chi connectivity index (χ0v) is 12.9. The van der Waals surface area contributed by atoms with E-state index in [-0.39, 0.29) is 23.1 Å². The first-order valence-corrected chi connectivity index (χ1v) is 8.20. The average Bonchev–Trinajstić information content (AvgIpc) is 2.84. The Hall–Kier alpha value is -0.560. The molecule has 2 rings (SSSR count). The van der Waals surface area contributed by atoms with Crippen LogP contribution >= 0.6 is 11.6 Å². The lowest BCUT2D eigenvalue weighted by Crippen LogP contribution is -2.56. The smallest absolute Gasteiger partial charge is 0.276 e. The molecular weight excluding hydrogens is 288 g/mol. The van der Waals surface area contributed by atoms with E-state index in [0.717, 1.165) is 0 Å². The lowest BCUT2D eigenvalue weighted by Gasteiger charge is -2.41. The van der Waals surface area contributed by atoms with Gasteiger partial charge in [0.25, 0.3) is 10.0 Å². The molecule has 1 saturated heterocycles. The monoisotopic (exact) mass is 306 g/mol. The van der Waals surface area contributed by atoms with E-state index in [9.17, 15) is 8.42 Å². The number of nitrogens with zero attached hydrogens (tertiary/aromatic N) is 2. The second-order valence-corrected chi connectivity index (χ2v) is 7.18. The zero-order valence-electron chi connectivity index (χ0n) is 11.3. The number of piperazine rings is 1. The Labute approximate surface area is 119 Å². The zero-order chi connectivity index (χ0) is 14.2. The quantitative estimate of drug-likeness (QED) is 0.798. The van der Waals surface area contributed by atoms with Gasteiger partial charge in [-0.1, -0.05) is 0 Å². The van der Waals surface area contributed by atoms with Crippen molar-refractivity contribution >= 4 is 21.6 Å². The molecule has 1 aliphatic rings. The SMILES string of the molecule is CC1CN(S(=O)(=O)c2ccc(CCl)o2)CC(C)N1C. The number of sulfonamides is 1. The minimum absolute atomic E-state index is 0.0212. The first kappa shape index (κ1) is 14.8. The maximum Gasteiger partial charge on any atom is 0.276 e. The van der Waals surface area contributed by atoms with Gasteiger partial charge in [-0.25, -0.2) is 8.42 Å². The Morgan fingerprint density at radius 3 is 2.37 bits per heavy atom. The summed E-state index contributed by atoms with van der Waals surface area (Å²) in [7, 11) is -1.55. The maximum atomic E-state index is 12.5. The Morgan fingerprint density at radius 1 is 1.32 bits per heavy atom. The van der Waals surface area contributed by atoms with Gasteiger partial charge >= 0.3 is 0 Å². The third-order valence-electron chi connectivity index (χ3n) is 3.69. The highest BCUT2D eigenvalue weighted by atomic mass is 35.5. The van der Waals surface area contributed by atoms with Crippen molar-refractivity contribution in [1.82, 2.24) is 9.21 Å². The van der Waals surface area contributed by atoms with Gasteiger partial charge in [0.2, 0.25) is 5.09 Å². The lowest BCUT2D eigenvalue weighted by molar-refractivity contribution is 0.104. The molecule has 0 amide bonds. The van der Waals surface area contributed by atoms with Crippen LogP contribution in [0.15, 0.2) is 21.6 Å². The van der Waals surface area contributed by atoms with E-state index in [1.807, 2.05) is 20.9 Å². The van der Waals surface area contributed by atoms with Crippen molar-refractivity contribution in [3.05, 3.63) is 17.9 Å². The molecular formula is C12H19ClN2O3S.